The first kappa shape index (κ1) is 23.8. The number of nitrogens with zero attached hydrogens (tertiary/aromatic N) is 2. The van der Waals surface area contributed by atoms with E-state index in [4.69, 9.17) is 9.47 Å². The number of ether oxygens (including phenoxy) is 3. The molecule has 0 saturated carbocycles. The lowest BCUT2D eigenvalue weighted by Gasteiger charge is -2.24. The Morgan fingerprint density at radius 3 is 2.65 bits per heavy atom. The molecule has 1 fully saturated rings. The van der Waals surface area contributed by atoms with Crippen molar-refractivity contribution in [2.45, 2.75) is 39.2 Å². The Morgan fingerprint density at radius 2 is 2.03 bits per heavy atom. The minimum Gasteiger partial charge on any atom is -0.493 e. The quantitative estimate of drug-likeness (QED) is 0.191. The zero-order valence-corrected chi connectivity index (χ0v) is 17.8. The summed E-state index contributed by atoms with van der Waals surface area (Å²) >= 11 is 0. The number of methoxy groups -OCH3 is 1. The fraction of sp³-hybridized carbons (Fsp3) is 0.476. The average Bonchev–Trinajstić information content (AvgIpc) is 3.09. The first-order valence-electron chi connectivity index (χ1n) is 9.73. The summed E-state index contributed by atoms with van der Waals surface area (Å²) < 4.78 is 15.2. The second-order valence-electron chi connectivity index (χ2n) is 7.26. The fourth-order valence-corrected chi connectivity index (χ4v) is 3.29. The highest BCUT2D eigenvalue weighted by Crippen LogP contribution is 2.32. The van der Waals surface area contributed by atoms with Gasteiger partial charge in [0.1, 0.15) is 17.9 Å². The number of benzene rings is 1. The third-order valence-corrected chi connectivity index (χ3v) is 4.83. The number of hydrogen-bond acceptors (Lipinski definition) is 8. The molecule has 0 N–H and O–H groups in total. The van der Waals surface area contributed by atoms with E-state index in [-0.39, 0.29) is 49.1 Å². The lowest BCUT2D eigenvalue weighted by Crippen LogP contribution is -2.39. The number of carbonyl (C=O) groups excluding carboxylic acids is 3. The maximum atomic E-state index is 13.2. The Labute approximate surface area is 179 Å². The van der Waals surface area contributed by atoms with Crippen molar-refractivity contribution in [3.63, 3.8) is 0 Å². The zero-order valence-electron chi connectivity index (χ0n) is 17.8. The third kappa shape index (κ3) is 6.27. The van der Waals surface area contributed by atoms with Gasteiger partial charge < -0.3 is 19.1 Å². The standard InChI is InChI=1S/C21H26N2O8/c1-13-8-16(12-31-15(3)24)22(11-13)21(26)17-9-14(2)19(10-18(17)23(27)28)30-7-5-6-20(25)29-4/h9-10,16H,1,5-8,11-12H2,2-4H3/t16-/m0/s1. The highest BCUT2D eigenvalue weighted by atomic mass is 16.6. The van der Waals surface area contributed by atoms with Crippen molar-refractivity contribution in [1.82, 2.24) is 4.90 Å². The summed E-state index contributed by atoms with van der Waals surface area (Å²) in [7, 11) is 1.29. The molecule has 1 atom stereocenters. The summed E-state index contributed by atoms with van der Waals surface area (Å²) in [5.74, 6) is -1.12. The second kappa shape index (κ2) is 10.6. The molecule has 10 nitrogen and oxygen atoms in total. The van der Waals surface area contributed by atoms with E-state index in [0.717, 1.165) is 5.57 Å². The van der Waals surface area contributed by atoms with Crippen LogP contribution < -0.4 is 4.74 Å². The zero-order chi connectivity index (χ0) is 23.1. The van der Waals surface area contributed by atoms with Gasteiger partial charge in [-0.1, -0.05) is 12.2 Å². The van der Waals surface area contributed by atoms with Crippen molar-refractivity contribution in [3.05, 3.63) is 45.5 Å². The van der Waals surface area contributed by atoms with Gasteiger partial charge in [-0.3, -0.25) is 24.5 Å². The van der Waals surface area contributed by atoms with Gasteiger partial charge in [0.05, 0.1) is 30.7 Å². The Morgan fingerprint density at radius 1 is 1.32 bits per heavy atom. The van der Waals surface area contributed by atoms with Gasteiger partial charge in [-0.15, -0.1) is 0 Å². The van der Waals surface area contributed by atoms with Crippen LogP contribution in [0.15, 0.2) is 24.3 Å². The van der Waals surface area contributed by atoms with Crippen LogP contribution in [0, 0.1) is 17.0 Å². The number of rotatable bonds is 9. The molecule has 168 valence electrons. The molecule has 0 unspecified atom stereocenters. The lowest BCUT2D eigenvalue weighted by molar-refractivity contribution is -0.385. The number of amides is 1. The van der Waals surface area contributed by atoms with E-state index in [9.17, 15) is 24.5 Å². The molecule has 1 saturated heterocycles. The van der Waals surface area contributed by atoms with Gasteiger partial charge in [0.15, 0.2) is 0 Å². The van der Waals surface area contributed by atoms with Crippen LogP contribution in [0.5, 0.6) is 5.75 Å². The van der Waals surface area contributed by atoms with Crippen LogP contribution in [0.1, 0.15) is 42.1 Å². The molecule has 1 aromatic rings. The van der Waals surface area contributed by atoms with E-state index in [1.54, 1.807) is 6.92 Å². The number of likely N-dealkylation sites (tertiary alicyclic amines) is 1. The minimum absolute atomic E-state index is 0.00569. The smallest absolute Gasteiger partial charge is 0.305 e. The minimum atomic E-state index is -0.639. The molecule has 0 radical (unpaired) electrons. The topological polar surface area (TPSA) is 125 Å². The summed E-state index contributed by atoms with van der Waals surface area (Å²) in [5.41, 5.74) is 0.853. The average molecular weight is 434 g/mol. The van der Waals surface area contributed by atoms with Crippen LogP contribution in [0.4, 0.5) is 5.69 Å². The highest BCUT2D eigenvalue weighted by Gasteiger charge is 2.35. The van der Waals surface area contributed by atoms with Gasteiger partial charge in [0.2, 0.25) is 0 Å². The van der Waals surface area contributed by atoms with E-state index < -0.39 is 22.8 Å². The van der Waals surface area contributed by atoms with Crippen LogP contribution >= 0.6 is 0 Å². The van der Waals surface area contributed by atoms with Crippen LogP contribution in [-0.2, 0) is 19.1 Å². The second-order valence-corrected chi connectivity index (χ2v) is 7.26. The molecule has 0 spiro atoms. The third-order valence-electron chi connectivity index (χ3n) is 4.83. The van der Waals surface area contributed by atoms with Gasteiger partial charge in [-0.2, -0.15) is 0 Å². The van der Waals surface area contributed by atoms with Crippen molar-refractivity contribution >= 4 is 23.5 Å². The molecular weight excluding hydrogens is 408 g/mol. The van der Waals surface area contributed by atoms with Gasteiger partial charge in [-0.25, -0.2) is 0 Å². The molecule has 31 heavy (non-hydrogen) atoms. The number of esters is 2. The van der Waals surface area contributed by atoms with Gasteiger partial charge in [0, 0.05) is 19.9 Å². The van der Waals surface area contributed by atoms with Crippen LogP contribution in [-0.4, -0.2) is 60.6 Å². The fourth-order valence-electron chi connectivity index (χ4n) is 3.29. The highest BCUT2D eigenvalue weighted by molar-refractivity contribution is 5.99. The predicted molar refractivity (Wildman–Crippen MR) is 110 cm³/mol. The first-order chi connectivity index (χ1) is 14.6. The van der Waals surface area contributed by atoms with E-state index in [2.05, 4.69) is 11.3 Å². The molecule has 1 heterocycles. The van der Waals surface area contributed by atoms with Gasteiger partial charge in [-0.05, 0) is 31.4 Å². The summed E-state index contributed by atoms with van der Waals surface area (Å²) in [4.78, 5) is 47.9. The van der Waals surface area contributed by atoms with Gasteiger partial charge in [0.25, 0.3) is 11.6 Å². The van der Waals surface area contributed by atoms with Crippen molar-refractivity contribution in [2.24, 2.45) is 0 Å². The predicted octanol–water partition coefficient (Wildman–Crippen LogP) is 2.57. The van der Waals surface area contributed by atoms with E-state index >= 15 is 0 Å². The lowest BCUT2D eigenvalue weighted by atomic mass is 10.1. The summed E-state index contributed by atoms with van der Waals surface area (Å²) in [5, 5.41) is 11.7. The van der Waals surface area contributed by atoms with Crippen molar-refractivity contribution in [3.8, 4) is 5.75 Å². The maximum absolute atomic E-state index is 13.2. The molecule has 2 rings (SSSR count). The molecule has 0 bridgehead atoms. The van der Waals surface area contributed by atoms with Crippen LogP contribution in [0.25, 0.3) is 0 Å². The molecule has 0 aromatic heterocycles. The SMILES string of the molecule is C=C1C[C@@H](COC(C)=O)N(C(=O)c2cc(C)c(OCCCC(=O)OC)cc2[N+](=O)[O-])C1. The van der Waals surface area contributed by atoms with Crippen molar-refractivity contribution < 1.29 is 33.5 Å². The monoisotopic (exact) mass is 434 g/mol. The molecular formula is C21H26N2O8. The van der Waals surface area contributed by atoms with Crippen molar-refractivity contribution in [2.75, 3.05) is 26.9 Å². The summed E-state index contributed by atoms with van der Waals surface area (Å²) in [6, 6.07) is 2.20. The first-order valence-corrected chi connectivity index (χ1v) is 9.73. The van der Waals surface area contributed by atoms with Gasteiger partial charge >= 0.3 is 11.9 Å². The van der Waals surface area contributed by atoms with E-state index in [0.29, 0.717) is 18.4 Å². The van der Waals surface area contributed by atoms with E-state index in [1.807, 2.05) is 0 Å². The number of hydrogen-bond donors (Lipinski definition) is 0. The molecule has 0 aliphatic carbocycles. The molecule has 1 aromatic carbocycles. The number of nitro groups is 1. The Kier molecular flexibility index (Phi) is 8.12. The molecule has 1 aliphatic rings. The van der Waals surface area contributed by atoms with E-state index in [1.165, 1.54) is 31.1 Å². The summed E-state index contributed by atoms with van der Waals surface area (Å²) in [6.07, 6.45) is 0.998. The number of carbonyl (C=O) groups is 3. The summed E-state index contributed by atoms with van der Waals surface area (Å²) in [6.45, 7) is 7.22. The number of aryl methyl sites for hydroxylation is 1. The maximum Gasteiger partial charge on any atom is 0.305 e. The Hall–Kier alpha value is -3.43. The number of nitro benzene ring substituents is 1. The Bertz CT molecular complexity index is 896. The largest absolute Gasteiger partial charge is 0.493 e. The van der Waals surface area contributed by atoms with Crippen LogP contribution in [0.3, 0.4) is 0 Å². The molecule has 1 aliphatic heterocycles. The van der Waals surface area contributed by atoms with Crippen LogP contribution in [0.2, 0.25) is 0 Å². The van der Waals surface area contributed by atoms with Crippen molar-refractivity contribution in [1.29, 1.82) is 0 Å². The Balaban J connectivity index is 2.22. The molecule has 10 heteroatoms. The normalized spacial score (nSPS) is 15.5. The molecule has 1 amide bonds.